The third-order valence-corrected chi connectivity index (χ3v) is 6.12. The van der Waals surface area contributed by atoms with E-state index in [9.17, 15) is 9.59 Å². The molecule has 6 heteroatoms. The first-order chi connectivity index (χ1) is 15.2. The summed E-state index contributed by atoms with van der Waals surface area (Å²) in [5.74, 6) is 0.559. The number of amides is 2. The van der Waals surface area contributed by atoms with Crippen LogP contribution in [0.25, 0.3) is 0 Å². The van der Waals surface area contributed by atoms with Crippen molar-refractivity contribution < 1.29 is 14.3 Å². The van der Waals surface area contributed by atoms with Gasteiger partial charge in [-0.2, -0.15) is 0 Å². The fourth-order valence-corrected chi connectivity index (χ4v) is 4.37. The molecule has 2 saturated heterocycles. The average Bonchev–Trinajstić information content (AvgIpc) is 3.29. The quantitative estimate of drug-likeness (QED) is 0.684. The first-order valence-electron chi connectivity index (χ1n) is 11.4. The molecule has 1 aromatic carbocycles. The van der Waals surface area contributed by atoms with E-state index in [2.05, 4.69) is 17.1 Å². The van der Waals surface area contributed by atoms with Gasteiger partial charge in [-0.05, 0) is 49.8 Å². The number of hydrogen-bond acceptors (Lipinski definition) is 4. The van der Waals surface area contributed by atoms with Crippen LogP contribution in [0.4, 0.5) is 0 Å². The van der Waals surface area contributed by atoms with E-state index in [1.807, 2.05) is 28.0 Å². The number of piperidine rings is 1. The first kappa shape index (κ1) is 21.3. The van der Waals surface area contributed by atoms with Crippen molar-refractivity contribution in [2.45, 2.75) is 51.0 Å². The maximum Gasteiger partial charge on any atom is 0.259 e. The second-order valence-corrected chi connectivity index (χ2v) is 8.42. The Labute approximate surface area is 184 Å². The van der Waals surface area contributed by atoms with Gasteiger partial charge in [-0.1, -0.05) is 30.3 Å². The molecule has 1 aromatic heterocycles. The summed E-state index contributed by atoms with van der Waals surface area (Å²) >= 11 is 0. The van der Waals surface area contributed by atoms with Crippen LogP contribution in [0.1, 0.15) is 54.4 Å². The molecule has 2 aromatic rings. The Morgan fingerprint density at radius 2 is 1.77 bits per heavy atom. The SMILES string of the molecule is O=C(CCCc1ccccc1)N1CCC(Oc2ncccc2C(=O)N2CCCCC2)C1. The summed E-state index contributed by atoms with van der Waals surface area (Å²) in [4.78, 5) is 33.7. The molecule has 2 aliphatic rings. The van der Waals surface area contributed by atoms with Gasteiger partial charge >= 0.3 is 0 Å². The van der Waals surface area contributed by atoms with Crippen molar-refractivity contribution in [3.8, 4) is 5.88 Å². The van der Waals surface area contributed by atoms with Crippen LogP contribution >= 0.6 is 0 Å². The molecule has 31 heavy (non-hydrogen) atoms. The zero-order valence-electron chi connectivity index (χ0n) is 18.0. The Morgan fingerprint density at radius 1 is 0.968 bits per heavy atom. The predicted octanol–water partition coefficient (Wildman–Crippen LogP) is 3.71. The molecule has 0 N–H and O–H groups in total. The number of rotatable bonds is 7. The van der Waals surface area contributed by atoms with Gasteiger partial charge in [-0.3, -0.25) is 9.59 Å². The number of aryl methyl sites for hydroxylation is 1. The molecule has 2 fully saturated rings. The smallest absolute Gasteiger partial charge is 0.259 e. The second kappa shape index (κ2) is 10.4. The third-order valence-electron chi connectivity index (χ3n) is 6.12. The number of ether oxygens (including phenoxy) is 1. The van der Waals surface area contributed by atoms with Gasteiger partial charge in [0.05, 0.1) is 6.54 Å². The molecule has 6 nitrogen and oxygen atoms in total. The zero-order valence-corrected chi connectivity index (χ0v) is 18.0. The number of benzene rings is 1. The monoisotopic (exact) mass is 421 g/mol. The molecular weight excluding hydrogens is 390 g/mol. The number of pyridine rings is 1. The molecule has 164 valence electrons. The molecule has 0 aliphatic carbocycles. The van der Waals surface area contributed by atoms with Gasteiger partial charge in [-0.15, -0.1) is 0 Å². The fraction of sp³-hybridized carbons (Fsp3) is 0.480. The molecule has 0 spiro atoms. The Kier molecular flexibility index (Phi) is 7.18. The Balaban J connectivity index is 1.29. The first-order valence-corrected chi connectivity index (χ1v) is 11.4. The van der Waals surface area contributed by atoms with Crippen molar-refractivity contribution in [3.05, 3.63) is 59.8 Å². The lowest BCUT2D eigenvalue weighted by Gasteiger charge is -2.27. The number of hydrogen-bond donors (Lipinski definition) is 0. The molecule has 1 atom stereocenters. The van der Waals surface area contributed by atoms with E-state index in [0.717, 1.165) is 45.2 Å². The minimum absolute atomic E-state index is 0.00496. The number of likely N-dealkylation sites (tertiary alicyclic amines) is 2. The highest BCUT2D eigenvalue weighted by atomic mass is 16.5. The minimum atomic E-state index is -0.124. The molecule has 0 saturated carbocycles. The number of carbonyl (C=O) groups is 2. The highest BCUT2D eigenvalue weighted by Crippen LogP contribution is 2.23. The Bertz CT molecular complexity index is 881. The van der Waals surface area contributed by atoms with Crippen LogP contribution < -0.4 is 4.74 Å². The summed E-state index contributed by atoms with van der Waals surface area (Å²) in [6, 6.07) is 13.8. The van der Waals surface area contributed by atoms with Crippen molar-refractivity contribution >= 4 is 11.8 Å². The van der Waals surface area contributed by atoms with Crippen LogP contribution in [0.15, 0.2) is 48.7 Å². The van der Waals surface area contributed by atoms with E-state index in [1.165, 1.54) is 12.0 Å². The van der Waals surface area contributed by atoms with Crippen molar-refractivity contribution in [2.24, 2.45) is 0 Å². The van der Waals surface area contributed by atoms with E-state index in [1.54, 1.807) is 18.3 Å². The zero-order chi connectivity index (χ0) is 21.5. The van der Waals surface area contributed by atoms with Gasteiger partial charge in [0.1, 0.15) is 11.7 Å². The highest BCUT2D eigenvalue weighted by molar-refractivity contribution is 5.96. The van der Waals surface area contributed by atoms with Gasteiger partial charge in [0.2, 0.25) is 11.8 Å². The summed E-state index contributed by atoms with van der Waals surface area (Å²) in [6.45, 7) is 2.83. The normalized spacial score (nSPS) is 18.8. The van der Waals surface area contributed by atoms with Gasteiger partial charge in [-0.25, -0.2) is 4.98 Å². The second-order valence-electron chi connectivity index (χ2n) is 8.42. The average molecular weight is 422 g/mol. The van der Waals surface area contributed by atoms with Gasteiger partial charge in [0.25, 0.3) is 5.91 Å². The molecule has 1 unspecified atom stereocenters. The molecule has 0 bridgehead atoms. The summed E-state index contributed by atoms with van der Waals surface area (Å²) in [5, 5.41) is 0. The highest BCUT2D eigenvalue weighted by Gasteiger charge is 2.29. The van der Waals surface area contributed by atoms with Gasteiger partial charge < -0.3 is 14.5 Å². The number of aromatic nitrogens is 1. The lowest BCUT2D eigenvalue weighted by Crippen LogP contribution is -2.36. The van der Waals surface area contributed by atoms with E-state index in [0.29, 0.717) is 31.0 Å². The van der Waals surface area contributed by atoms with Crippen LogP contribution in [-0.2, 0) is 11.2 Å². The largest absolute Gasteiger partial charge is 0.472 e. The number of nitrogens with zero attached hydrogens (tertiary/aromatic N) is 3. The molecule has 0 radical (unpaired) electrons. The van der Waals surface area contributed by atoms with Crippen molar-refractivity contribution in [1.82, 2.24) is 14.8 Å². The maximum atomic E-state index is 12.9. The molecule has 4 rings (SSSR count). The molecule has 2 aliphatic heterocycles. The summed E-state index contributed by atoms with van der Waals surface area (Å²) in [5.41, 5.74) is 1.79. The van der Waals surface area contributed by atoms with E-state index < -0.39 is 0 Å². The molecular formula is C25H31N3O3. The van der Waals surface area contributed by atoms with Crippen molar-refractivity contribution in [2.75, 3.05) is 26.2 Å². The van der Waals surface area contributed by atoms with Crippen LogP contribution in [-0.4, -0.2) is 58.9 Å². The lowest BCUT2D eigenvalue weighted by atomic mass is 10.1. The molecule has 3 heterocycles. The Hall–Kier alpha value is -2.89. The minimum Gasteiger partial charge on any atom is -0.472 e. The van der Waals surface area contributed by atoms with Crippen LogP contribution in [0, 0.1) is 0 Å². The lowest BCUT2D eigenvalue weighted by molar-refractivity contribution is -0.130. The predicted molar refractivity (Wildman–Crippen MR) is 119 cm³/mol. The summed E-state index contributed by atoms with van der Waals surface area (Å²) in [6.07, 6.45) is 7.87. The van der Waals surface area contributed by atoms with Crippen LogP contribution in [0.3, 0.4) is 0 Å². The van der Waals surface area contributed by atoms with Gasteiger partial charge in [0, 0.05) is 38.7 Å². The third kappa shape index (κ3) is 5.63. The van der Waals surface area contributed by atoms with E-state index >= 15 is 0 Å². The standard InChI is InChI=1S/C25H31N3O3/c29-23(13-7-11-20-9-3-1-4-10-20)28-18-14-21(19-28)31-24-22(12-8-15-26-24)25(30)27-16-5-2-6-17-27/h1,3-4,8-10,12,15,21H,2,5-7,11,13-14,16-19H2. The number of carbonyl (C=O) groups excluding carboxylic acids is 2. The molecule has 2 amide bonds. The maximum absolute atomic E-state index is 12.9. The van der Waals surface area contributed by atoms with Crippen molar-refractivity contribution in [1.29, 1.82) is 0 Å². The van der Waals surface area contributed by atoms with E-state index in [-0.39, 0.29) is 17.9 Å². The Morgan fingerprint density at radius 3 is 2.58 bits per heavy atom. The fourth-order valence-electron chi connectivity index (χ4n) is 4.37. The van der Waals surface area contributed by atoms with Crippen LogP contribution in [0.5, 0.6) is 5.88 Å². The van der Waals surface area contributed by atoms with Crippen molar-refractivity contribution in [3.63, 3.8) is 0 Å². The topological polar surface area (TPSA) is 62.7 Å². The van der Waals surface area contributed by atoms with Gasteiger partial charge in [0.15, 0.2) is 0 Å². The van der Waals surface area contributed by atoms with Crippen LogP contribution in [0.2, 0.25) is 0 Å². The summed E-state index contributed by atoms with van der Waals surface area (Å²) in [7, 11) is 0. The van der Waals surface area contributed by atoms with E-state index in [4.69, 9.17) is 4.74 Å². The summed E-state index contributed by atoms with van der Waals surface area (Å²) < 4.78 is 6.12.